The molecule has 41 heavy (non-hydrogen) atoms. The van der Waals surface area contributed by atoms with Crippen molar-refractivity contribution in [2.24, 2.45) is 0 Å². The minimum absolute atomic E-state index is 0.0291. The molecule has 3 aromatic rings. The van der Waals surface area contributed by atoms with E-state index in [-0.39, 0.29) is 33.4 Å². The first-order chi connectivity index (χ1) is 19.5. The zero-order valence-corrected chi connectivity index (χ0v) is 23.6. The van der Waals surface area contributed by atoms with E-state index in [0.29, 0.717) is 12.2 Å². The molecule has 3 rings (SSSR count). The maximum absolute atomic E-state index is 13.1. The summed E-state index contributed by atoms with van der Waals surface area (Å²) < 4.78 is 16.1. The Bertz CT molecular complexity index is 1500. The summed E-state index contributed by atoms with van der Waals surface area (Å²) in [4.78, 5) is 37.5. The molecule has 0 radical (unpaired) electrons. The number of rotatable bonds is 10. The van der Waals surface area contributed by atoms with E-state index < -0.39 is 36.4 Å². The van der Waals surface area contributed by atoms with Crippen LogP contribution in [0.4, 0.5) is 21.9 Å². The highest BCUT2D eigenvalue weighted by atomic mass is 35.5. The van der Waals surface area contributed by atoms with E-state index in [1.165, 1.54) is 37.4 Å². The van der Waals surface area contributed by atoms with Gasteiger partial charge in [0, 0.05) is 17.8 Å². The van der Waals surface area contributed by atoms with Crippen LogP contribution in [-0.4, -0.2) is 42.8 Å². The molecular formula is C29H29ClN4O7. The molecule has 0 aliphatic rings. The number of halogens is 1. The van der Waals surface area contributed by atoms with Gasteiger partial charge in [-0.1, -0.05) is 36.2 Å². The third-order valence-electron chi connectivity index (χ3n) is 5.78. The number of amides is 3. The van der Waals surface area contributed by atoms with Crippen LogP contribution in [0.3, 0.4) is 0 Å². The molecule has 0 aliphatic heterocycles. The van der Waals surface area contributed by atoms with Crippen molar-refractivity contribution in [3.05, 3.63) is 70.2 Å². The third kappa shape index (κ3) is 8.27. The number of phenols is 1. The van der Waals surface area contributed by atoms with Gasteiger partial charge in [0.05, 0.1) is 29.1 Å². The molecule has 0 aliphatic carbocycles. The molecule has 0 saturated carbocycles. The number of nitrogens with one attached hydrogen (secondary N) is 3. The molecule has 12 heteroatoms. The number of hydrogen-bond acceptors (Lipinski definition) is 8. The fourth-order valence-electron chi connectivity index (χ4n) is 3.67. The largest absolute Gasteiger partial charge is 0.506 e. The Morgan fingerprint density at radius 3 is 2.41 bits per heavy atom. The smallest absolute Gasteiger partial charge is 0.343 e. The molecule has 0 aromatic heterocycles. The second-order valence-electron chi connectivity index (χ2n) is 8.89. The zero-order chi connectivity index (χ0) is 30.1. The molecule has 0 heterocycles. The number of carbonyl (C=O) groups excluding carboxylic acids is 3. The number of methoxy groups -OCH3 is 1. The summed E-state index contributed by atoms with van der Waals surface area (Å²) in [5.74, 6) is -1.10. The van der Waals surface area contributed by atoms with Crippen LogP contribution < -0.4 is 25.4 Å². The van der Waals surface area contributed by atoms with Crippen molar-refractivity contribution in [2.75, 3.05) is 29.7 Å². The van der Waals surface area contributed by atoms with Gasteiger partial charge in [-0.15, -0.1) is 0 Å². The van der Waals surface area contributed by atoms with Gasteiger partial charge in [-0.3, -0.25) is 4.79 Å². The SMILES string of the molecule is CCC(Oc1ccc(C)cc1C)C(=O)Nc1cc(O)c(NC(=O)Nc2ccc(Cl)c(C#N)c2)cc1OCC(=O)OC. The first-order valence-corrected chi connectivity index (χ1v) is 12.8. The molecule has 214 valence electrons. The van der Waals surface area contributed by atoms with Crippen LogP contribution in [-0.2, 0) is 14.3 Å². The van der Waals surface area contributed by atoms with Crippen LogP contribution in [0.5, 0.6) is 17.2 Å². The van der Waals surface area contributed by atoms with E-state index in [1.54, 1.807) is 13.0 Å². The first kappa shape index (κ1) is 30.6. The van der Waals surface area contributed by atoms with Crippen LogP contribution in [0.1, 0.15) is 30.0 Å². The number of phenolic OH excluding ortho intramolecular Hbond substituents is 1. The predicted octanol–water partition coefficient (Wildman–Crippen LogP) is 5.53. The molecule has 0 spiro atoms. The Kier molecular flexibility index (Phi) is 10.4. The number of ether oxygens (including phenoxy) is 3. The van der Waals surface area contributed by atoms with Gasteiger partial charge in [-0.2, -0.15) is 5.26 Å². The number of hydrogen-bond donors (Lipinski definition) is 4. The Morgan fingerprint density at radius 1 is 1.00 bits per heavy atom. The third-order valence-corrected chi connectivity index (χ3v) is 6.11. The lowest BCUT2D eigenvalue weighted by molar-refractivity contribution is -0.142. The number of aryl methyl sites for hydroxylation is 2. The molecule has 11 nitrogen and oxygen atoms in total. The number of benzene rings is 3. The van der Waals surface area contributed by atoms with Gasteiger partial charge in [0.1, 0.15) is 23.3 Å². The Labute approximate surface area is 242 Å². The Hall–Kier alpha value is -4.95. The second-order valence-corrected chi connectivity index (χ2v) is 9.30. The summed E-state index contributed by atoms with van der Waals surface area (Å²) in [5.41, 5.74) is 2.31. The van der Waals surface area contributed by atoms with Crippen molar-refractivity contribution in [3.63, 3.8) is 0 Å². The standard InChI is InChI=1S/C29H29ClN4O7/c1-5-24(41-25-9-6-16(2)10-17(25)3)28(37)33-22-12-23(35)21(13-26(22)40-15-27(36)39-4)34-29(38)32-19-7-8-20(30)18(11-19)14-31/h6-13,24,35H,5,15H2,1-4H3,(H,33,37)(H2,32,34,38). The van der Waals surface area contributed by atoms with E-state index in [2.05, 4.69) is 20.7 Å². The van der Waals surface area contributed by atoms with E-state index in [0.717, 1.165) is 11.1 Å². The monoisotopic (exact) mass is 580 g/mol. The topological polar surface area (TPSA) is 159 Å². The number of esters is 1. The van der Waals surface area contributed by atoms with Crippen LogP contribution in [0, 0.1) is 25.2 Å². The fraction of sp³-hybridized carbons (Fsp3) is 0.241. The average molecular weight is 581 g/mol. The number of urea groups is 1. The minimum atomic E-state index is -0.881. The first-order valence-electron chi connectivity index (χ1n) is 12.4. The number of nitriles is 1. The molecule has 0 bridgehead atoms. The molecule has 0 saturated heterocycles. The van der Waals surface area contributed by atoms with E-state index in [4.69, 9.17) is 26.3 Å². The second kappa shape index (κ2) is 13.9. The number of aromatic hydroxyl groups is 1. The van der Waals surface area contributed by atoms with Crippen LogP contribution in [0.15, 0.2) is 48.5 Å². The number of anilines is 3. The van der Waals surface area contributed by atoms with E-state index in [1.807, 2.05) is 32.0 Å². The molecular weight excluding hydrogens is 552 g/mol. The zero-order valence-electron chi connectivity index (χ0n) is 22.8. The summed E-state index contributed by atoms with van der Waals surface area (Å²) in [6, 6.07) is 13.5. The van der Waals surface area contributed by atoms with Gasteiger partial charge in [0.25, 0.3) is 5.91 Å². The molecule has 3 aromatic carbocycles. The van der Waals surface area contributed by atoms with Crippen LogP contribution in [0.2, 0.25) is 5.02 Å². The van der Waals surface area contributed by atoms with E-state index in [9.17, 15) is 19.5 Å². The molecule has 4 N–H and O–H groups in total. The van der Waals surface area contributed by atoms with Crippen molar-refractivity contribution < 1.29 is 33.7 Å². The van der Waals surface area contributed by atoms with Gasteiger partial charge in [-0.25, -0.2) is 9.59 Å². The van der Waals surface area contributed by atoms with Gasteiger partial charge in [0.15, 0.2) is 12.7 Å². The molecule has 1 unspecified atom stereocenters. The maximum atomic E-state index is 13.1. The normalized spacial score (nSPS) is 11.0. The van der Waals surface area contributed by atoms with Gasteiger partial charge in [-0.05, 0) is 50.1 Å². The number of nitrogens with zero attached hydrogens (tertiary/aromatic N) is 1. The fourth-order valence-corrected chi connectivity index (χ4v) is 3.83. The van der Waals surface area contributed by atoms with Crippen molar-refractivity contribution in [1.82, 2.24) is 0 Å². The van der Waals surface area contributed by atoms with Gasteiger partial charge < -0.3 is 35.3 Å². The van der Waals surface area contributed by atoms with E-state index >= 15 is 0 Å². The Morgan fingerprint density at radius 2 is 1.76 bits per heavy atom. The Balaban J connectivity index is 1.82. The van der Waals surface area contributed by atoms with Crippen molar-refractivity contribution >= 4 is 46.6 Å². The molecule has 3 amide bonds. The number of carbonyl (C=O) groups is 3. The molecule has 0 fully saturated rings. The van der Waals surface area contributed by atoms with Gasteiger partial charge in [0.2, 0.25) is 0 Å². The highest BCUT2D eigenvalue weighted by molar-refractivity contribution is 6.31. The quantitative estimate of drug-likeness (QED) is 0.180. The maximum Gasteiger partial charge on any atom is 0.343 e. The lowest BCUT2D eigenvalue weighted by Crippen LogP contribution is -2.32. The predicted molar refractivity (Wildman–Crippen MR) is 154 cm³/mol. The van der Waals surface area contributed by atoms with Crippen molar-refractivity contribution in [2.45, 2.75) is 33.3 Å². The highest BCUT2D eigenvalue weighted by Crippen LogP contribution is 2.36. The van der Waals surface area contributed by atoms with Crippen molar-refractivity contribution in [1.29, 1.82) is 5.26 Å². The lowest BCUT2D eigenvalue weighted by Gasteiger charge is -2.20. The lowest BCUT2D eigenvalue weighted by atomic mass is 10.1. The highest BCUT2D eigenvalue weighted by Gasteiger charge is 2.23. The minimum Gasteiger partial charge on any atom is -0.506 e. The van der Waals surface area contributed by atoms with Crippen LogP contribution >= 0.6 is 11.6 Å². The average Bonchev–Trinajstić information content (AvgIpc) is 2.94. The summed E-state index contributed by atoms with van der Waals surface area (Å²) >= 11 is 5.93. The summed E-state index contributed by atoms with van der Waals surface area (Å²) in [7, 11) is 1.19. The van der Waals surface area contributed by atoms with Crippen LogP contribution in [0.25, 0.3) is 0 Å². The summed E-state index contributed by atoms with van der Waals surface area (Å²) in [6.45, 7) is 5.11. The van der Waals surface area contributed by atoms with Gasteiger partial charge >= 0.3 is 12.0 Å². The summed E-state index contributed by atoms with van der Waals surface area (Å²) in [6.07, 6.45) is -0.546. The summed E-state index contributed by atoms with van der Waals surface area (Å²) in [5, 5.41) is 27.7. The molecule has 1 atom stereocenters. The van der Waals surface area contributed by atoms with Crippen molar-refractivity contribution in [3.8, 4) is 23.3 Å².